The van der Waals surface area contributed by atoms with Crippen LogP contribution in [0.25, 0.3) is 0 Å². The predicted molar refractivity (Wildman–Crippen MR) is 92.6 cm³/mol. The fourth-order valence-corrected chi connectivity index (χ4v) is 3.64. The smallest absolute Gasteiger partial charge is 0.251 e. The normalized spacial score (nSPS) is 16.3. The number of aromatic nitrogens is 1. The number of hydrogen-bond donors (Lipinski definition) is 1. The van der Waals surface area contributed by atoms with Gasteiger partial charge in [0.1, 0.15) is 0 Å². The summed E-state index contributed by atoms with van der Waals surface area (Å²) >= 11 is 0. The molecule has 1 aromatic heterocycles. The third-order valence-corrected chi connectivity index (χ3v) is 5.27. The summed E-state index contributed by atoms with van der Waals surface area (Å²) in [6, 6.07) is 10.0. The van der Waals surface area contributed by atoms with E-state index in [1.807, 2.05) is 44.3 Å². The molecule has 3 nitrogen and oxygen atoms in total. The van der Waals surface area contributed by atoms with Gasteiger partial charge in [-0.25, -0.2) is 0 Å². The molecule has 0 spiro atoms. The van der Waals surface area contributed by atoms with Crippen molar-refractivity contribution in [1.29, 1.82) is 0 Å². The summed E-state index contributed by atoms with van der Waals surface area (Å²) in [6.07, 6.45) is 8.43. The van der Waals surface area contributed by atoms with E-state index >= 15 is 0 Å². The first-order chi connectivity index (χ1) is 11.1. The maximum Gasteiger partial charge on any atom is 0.251 e. The van der Waals surface area contributed by atoms with Crippen LogP contribution in [-0.4, -0.2) is 17.4 Å². The first-order valence-electron chi connectivity index (χ1n) is 8.37. The largest absolute Gasteiger partial charge is 0.351 e. The van der Waals surface area contributed by atoms with Crippen LogP contribution in [0, 0.1) is 13.8 Å². The van der Waals surface area contributed by atoms with Gasteiger partial charge in [-0.1, -0.05) is 31.0 Å². The molecule has 0 atom stereocenters. The summed E-state index contributed by atoms with van der Waals surface area (Å²) in [4.78, 5) is 16.9. The zero-order valence-corrected chi connectivity index (χ0v) is 13.9. The van der Waals surface area contributed by atoms with Crippen LogP contribution in [0.15, 0.2) is 42.7 Å². The number of aryl methyl sites for hydroxylation is 1. The highest BCUT2D eigenvalue weighted by Crippen LogP contribution is 2.40. The lowest BCUT2D eigenvalue weighted by molar-refractivity contribution is 0.0942. The lowest BCUT2D eigenvalue weighted by atomic mass is 9.79. The average molecular weight is 308 g/mol. The maximum atomic E-state index is 12.6. The van der Waals surface area contributed by atoms with Crippen LogP contribution in [0.5, 0.6) is 0 Å². The average Bonchev–Trinajstić information content (AvgIpc) is 3.06. The van der Waals surface area contributed by atoms with E-state index in [9.17, 15) is 4.79 Å². The molecule has 1 aliphatic carbocycles. The molecular formula is C20H24N2O. The van der Waals surface area contributed by atoms with E-state index < -0.39 is 0 Å². The number of carbonyl (C=O) groups is 1. The van der Waals surface area contributed by atoms with Crippen LogP contribution in [0.1, 0.15) is 52.7 Å². The van der Waals surface area contributed by atoms with Gasteiger partial charge < -0.3 is 5.32 Å². The van der Waals surface area contributed by atoms with E-state index in [-0.39, 0.29) is 11.3 Å². The Hall–Kier alpha value is -2.16. The molecule has 1 N–H and O–H groups in total. The van der Waals surface area contributed by atoms with Gasteiger partial charge in [-0.3, -0.25) is 9.78 Å². The van der Waals surface area contributed by atoms with Gasteiger partial charge in [-0.05, 0) is 55.5 Å². The molecule has 0 unspecified atom stereocenters. The van der Waals surface area contributed by atoms with E-state index in [0.29, 0.717) is 6.54 Å². The van der Waals surface area contributed by atoms with Crippen LogP contribution < -0.4 is 5.32 Å². The highest BCUT2D eigenvalue weighted by Gasteiger charge is 2.36. The van der Waals surface area contributed by atoms with Crippen molar-refractivity contribution in [2.45, 2.75) is 44.9 Å². The van der Waals surface area contributed by atoms with Crippen molar-refractivity contribution in [3.05, 3.63) is 65.0 Å². The van der Waals surface area contributed by atoms with Crippen LogP contribution in [-0.2, 0) is 5.41 Å². The molecule has 23 heavy (non-hydrogen) atoms. The highest BCUT2D eigenvalue weighted by atomic mass is 16.1. The van der Waals surface area contributed by atoms with Crippen LogP contribution in [0.2, 0.25) is 0 Å². The van der Waals surface area contributed by atoms with Gasteiger partial charge in [0.25, 0.3) is 5.91 Å². The molecule has 0 bridgehead atoms. The number of nitrogens with one attached hydrogen (secondary N) is 1. The second-order valence-corrected chi connectivity index (χ2v) is 6.66. The Morgan fingerprint density at radius 2 is 1.96 bits per heavy atom. The first-order valence-corrected chi connectivity index (χ1v) is 8.37. The molecule has 0 radical (unpaired) electrons. The fourth-order valence-electron chi connectivity index (χ4n) is 3.64. The standard InChI is InChI=1S/C20H24N2O/c1-15-7-5-9-18(16(15)2)19(23)22-14-20(10-3-4-11-20)17-8-6-12-21-13-17/h5-9,12-13H,3-4,10-11,14H2,1-2H3,(H,22,23). The summed E-state index contributed by atoms with van der Waals surface area (Å²) < 4.78 is 0. The van der Waals surface area contributed by atoms with Crippen molar-refractivity contribution >= 4 is 5.91 Å². The fraction of sp³-hybridized carbons (Fsp3) is 0.400. The van der Waals surface area contributed by atoms with E-state index in [4.69, 9.17) is 0 Å². The van der Waals surface area contributed by atoms with Crippen molar-refractivity contribution in [1.82, 2.24) is 10.3 Å². The number of pyridine rings is 1. The second-order valence-electron chi connectivity index (χ2n) is 6.66. The first kappa shape index (κ1) is 15.7. The lowest BCUT2D eigenvalue weighted by Gasteiger charge is -2.29. The third kappa shape index (κ3) is 3.14. The van der Waals surface area contributed by atoms with E-state index in [0.717, 1.165) is 29.5 Å². The van der Waals surface area contributed by atoms with Gasteiger partial charge in [-0.15, -0.1) is 0 Å². The Labute approximate surface area is 138 Å². The van der Waals surface area contributed by atoms with Gasteiger partial charge in [0.15, 0.2) is 0 Å². The monoisotopic (exact) mass is 308 g/mol. The van der Waals surface area contributed by atoms with Crippen molar-refractivity contribution in [3.63, 3.8) is 0 Å². The molecule has 3 heteroatoms. The summed E-state index contributed by atoms with van der Waals surface area (Å²) in [7, 11) is 0. The van der Waals surface area contributed by atoms with Crippen LogP contribution in [0.3, 0.4) is 0 Å². The van der Waals surface area contributed by atoms with Gasteiger partial charge in [0, 0.05) is 29.9 Å². The number of amides is 1. The van der Waals surface area contributed by atoms with Crippen molar-refractivity contribution in [3.8, 4) is 0 Å². The van der Waals surface area contributed by atoms with Gasteiger partial charge in [-0.2, -0.15) is 0 Å². The summed E-state index contributed by atoms with van der Waals surface area (Å²) in [5, 5.41) is 3.18. The molecular weight excluding hydrogens is 284 g/mol. The summed E-state index contributed by atoms with van der Waals surface area (Å²) in [6.45, 7) is 4.74. The molecule has 1 aromatic carbocycles. The Bertz CT molecular complexity index is 688. The van der Waals surface area contributed by atoms with Crippen molar-refractivity contribution < 1.29 is 4.79 Å². The van der Waals surface area contributed by atoms with Gasteiger partial charge in [0.2, 0.25) is 0 Å². The molecule has 2 aromatic rings. The number of carbonyl (C=O) groups excluding carboxylic acids is 1. The predicted octanol–water partition coefficient (Wildman–Crippen LogP) is 3.94. The Balaban J connectivity index is 1.78. The molecule has 120 valence electrons. The number of nitrogens with zero attached hydrogens (tertiary/aromatic N) is 1. The minimum absolute atomic E-state index is 0.0290. The van der Waals surface area contributed by atoms with Crippen LogP contribution >= 0.6 is 0 Å². The molecule has 1 aliphatic rings. The molecule has 1 saturated carbocycles. The van der Waals surface area contributed by atoms with E-state index in [2.05, 4.69) is 16.4 Å². The van der Waals surface area contributed by atoms with E-state index in [1.165, 1.54) is 18.4 Å². The highest BCUT2D eigenvalue weighted by molar-refractivity contribution is 5.96. The molecule has 0 aliphatic heterocycles. The summed E-state index contributed by atoms with van der Waals surface area (Å²) in [5.41, 5.74) is 4.29. The minimum Gasteiger partial charge on any atom is -0.351 e. The zero-order chi connectivity index (χ0) is 16.3. The van der Waals surface area contributed by atoms with Crippen molar-refractivity contribution in [2.75, 3.05) is 6.54 Å². The zero-order valence-electron chi connectivity index (χ0n) is 13.9. The molecule has 1 amide bonds. The lowest BCUT2D eigenvalue weighted by Crippen LogP contribution is -2.39. The Morgan fingerprint density at radius 1 is 1.17 bits per heavy atom. The SMILES string of the molecule is Cc1cccc(C(=O)NCC2(c3cccnc3)CCCC2)c1C. The maximum absolute atomic E-state index is 12.6. The van der Waals surface area contributed by atoms with E-state index in [1.54, 1.807) is 6.20 Å². The number of rotatable bonds is 4. The molecule has 1 heterocycles. The Morgan fingerprint density at radius 3 is 2.65 bits per heavy atom. The van der Waals surface area contributed by atoms with Gasteiger partial charge >= 0.3 is 0 Å². The van der Waals surface area contributed by atoms with Crippen molar-refractivity contribution in [2.24, 2.45) is 0 Å². The topological polar surface area (TPSA) is 42.0 Å². The van der Waals surface area contributed by atoms with Crippen LogP contribution in [0.4, 0.5) is 0 Å². The number of benzene rings is 1. The molecule has 1 fully saturated rings. The molecule has 3 rings (SSSR count). The third-order valence-electron chi connectivity index (χ3n) is 5.27. The summed E-state index contributed by atoms with van der Waals surface area (Å²) in [5.74, 6) is 0.0290. The Kier molecular flexibility index (Phi) is 4.46. The number of hydrogen-bond acceptors (Lipinski definition) is 2. The minimum atomic E-state index is 0.0290. The van der Waals surface area contributed by atoms with Gasteiger partial charge in [0.05, 0.1) is 0 Å². The second kappa shape index (κ2) is 6.53. The molecule has 0 saturated heterocycles. The quantitative estimate of drug-likeness (QED) is 0.929.